The Kier molecular flexibility index (Phi) is 5.83. The van der Waals surface area contributed by atoms with Gasteiger partial charge in [0.2, 0.25) is 0 Å². The summed E-state index contributed by atoms with van der Waals surface area (Å²) in [6.45, 7) is 1.54. The van der Waals surface area contributed by atoms with Crippen molar-refractivity contribution in [3.8, 4) is 0 Å². The number of hydrogen-bond donors (Lipinski definition) is 2. The number of nitrogens with two attached hydrogens (primary N) is 1. The van der Waals surface area contributed by atoms with Crippen LogP contribution >= 0.6 is 0 Å². The first kappa shape index (κ1) is 14.5. The second-order valence-electron chi connectivity index (χ2n) is 5.46. The van der Waals surface area contributed by atoms with Crippen molar-refractivity contribution in [3.05, 3.63) is 35.4 Å². The lowest BCUT2D eigenvalue weighted by atomic mass is 9.88. The zero-order valence-corrected chi connectivity index (χ0v) is 11.9. The third kappa shape index (κ3) is 4.30. The summed E-state index contributed by atoms with van der Waals surface area (Å²) in [6.07, 6.45) is 5.70. The number of benzene rings is 1. The molecular weight excluding hydrogens is 236 g/mol. The summed E-state index contributed by atoms with van der Waals surface area (Å²) in [6, 6.07) is 9.81. The molecule has 106 valence electrons. The van der Waals surface area contributed by atoms with Crippen LogP contribution < -0.4 is 11.1 Å². The van der Waals surface area contributed by atoms with E-state index < -0.39 is 0 Å². The fourth-order valence-electron chi connectivity index (χ4n) is 2.95. The highest BCUT2D eigenvalue weighted by Gasteiger charge is 2.20. The molecule has 3 nitrogen and oxygen atoms in total. The van der Waals surface area contributed by atoms with Crippen LogP contribution in [0.1, 0.15) is 30.4 Å². The SMILES string of the molecule is COCC(CCCN)NC1CCc2ccccc2C1. The molecule has 0 radical (unpaired) electrons. The minimum atomic E-state index is 0.434. The predicted octanol–water partition coefficient (Wildman–Crippen LogP) is 1.89. The molecule has 2 rings (SSSR count). The maximum Gasteiger partial charge on any atom is 0.0615 e. The van der Waals surface area contributed by atoms with E-state index in [0.29, 0.717) is 12.1 Å². The Bertz CT molecular complexity index is 381. The molecule has 0 saturated carbocycles. The Hall–Kier alpha value is -0.900. The van der Waals surface area contributed by atoms with Crippen molar-refractivity contribution < 1.29 is 4.74 Å². The van der Waals surface area contributed by atoms with Crippen molar-refractivity contribution in [2.24, 2.45) is 5.73 Å². The van der Waals surface area contributed by atoms with Crippen LogP contribution in [0.4, 0.5) is 0 Å². The fourth-order valence-corrected chi connectivity index (χ4v) is 2.95. The summed E-state index contributed by atoms with van der Waals surface area (Å²) in [4.78, 5) is 0. The zero-order chi connectivity index (χ0) is 13.5. The first-order chi connectivity index (χ1) is 9.33. The number of fused-ring (bicyclic) bond motifs is 1. The van der Waals surface area contributed by atoms with Crippen LogP contribution in [0.25, 0.3) is 0 Å². The van der Waals surface area contributed by atoms with Gasteiger partial charge in [-0.1, -0.05) is 24.3 Å². The van der Waals surface area contributed by atoms with Crippen molar-refractivity contribution >= 4 is 0 Å². The van der Waals surface area contributed by atoms with Gasteiger partial charge >= 0.3 is 0 Å². The van der Waals surface area contributed by atoms with Gasteiger partial charge in [-0.05, 0) is 49.8 Å². The summed E-state index contributed by atoms with van der Waals surface area (Å²) in [5.41, 5.74) is 8.62. The summed E-state index contributed by atoms with van der Waals surface area (Å²) in [5.74, 6) is 0. The lowest BCUT2D eigenvalue weighted by Crippen LogP contribution is -2.44. The average Bonchev–Trinajstić information content (AvgIpc) is 2.45. The normalized spacial score (nSPS) is 20.0. The van der Waals surface area contributed by atoms with Gasteiger partial charge in [0, 0.05) is 19.2 Å². The minimum Gasteiger partial charge on any atom is -0.383 e. The number of rotatable bonds is 7. The largest absolute Gasteiger partial charge is 0.383 e. The standard InChI is InChI=1S/C16H26N2O/c1-19-12-16(7-4-10-17)18-15-9-8-13-5-2-3-6-14(13)11-15/h2-3,5-6,15-16,18H,4,7-12,17H2,1H3. The van der Waals surface area contributed by atoms with Gasteiger partial charge in [0.25, 0.3) is 0 Å². The van der Waals surface area contributed by atoms with Crippen molar-refractivity contribution in [3.63, 3.8) is 0 Å². The molecule has 0 amide bonds. The number of nitrogens with one attached hydrogen (secondary N) is 1. The molecule has 0 saturated heterocycles. The number of hydrogen-bond acceptors (Lipinski definition) is 3. The Morgan fingerprint density at radius 3 is 2.89 bits per heavy atom. The van der Waals surface area contributed by atoms with E-state index in [4.69, 9.17) is 10.5 Å². The van der Waals surface area contributed by atoms with Crippen LogP contribution in [0, 0.1) is 0 Å². The molecule has 0 bridgehead atoms. The monoisotopic (exact) mass is 262 g/mol. The Morgan fingerprint density at radius 2 is 2.16 bits per heavy atom. The average molecular weight is 262 g/mol. The highest BCUT2D eigenvalue weighted by Crippen LogP contribution is 2.21. The van der Waals surface area contributed by atoms with Gasteiger partial charge < -0.3 is 15.8 Å². The van der Waals surface area contributed by atoms with Crippen molar-refractivity contribution in [1.29, 1.82) is 0 Å². The molecule has 1 aromatic carbocycles. The zero-order valence-electron chi connectivity index (χ0n) is 11.9. The Balaban J connectivity index is 1.88. The van der Waals surface area contributed by atoms with Gasteiger partial charge in [-0.3, -0.25) is 0 Å². The second kappa shape index (κ2) is 7.63. The molecule has 0 heterocycles. The van der Waals surface area contributed by atoms with Crippen LogP contribution in [0.2, 0.25) is 0 Å². The van der Waals surface area contributed by atoms with E-state index in [0.717, 1.165) is 32.4 Å². The third-order valence-corrected chi connectivity index (χ3v) is 3.94. The highest BCUT2D eigenvalue weighted by atomic mass is 16.5. The van der Waals surface area contributed by atoms with E-state index in [1.807, 2.05) is 0 Å². The Morgan fingerprint density at radius 1 is 1.37 bits per heavy atom. The van der Waals surface area contributed by atoms with E-state index in [-0.39, 0.29) is 0 Å². The molecule has 19 heavy (non-hydrogen) atoms. The van der Waals surface area contributed by atoms with Crippen LogP contribution in [0.15, 0.2) is 24.3 Å². The second-order valence-corrected chi connectivity index (χ2v) is 5.46. The maximum absolute atomic E-state index is 5.60. The van der Waals surface area contributed by atoms with Gasteiger partial charge in [-0.15, -0.1) is 0 Å². The van der Waals surface area contributed by atoms with E-state index in [9.17, 15) is 0 Å². The van der Waals surface area contributed by atoms with Gasteiger partial charge in [-0.25, -0.2) is 0 Å². The van der Waals surface area contributed by atoms with E-state index in [1.54, 1.807) is 7.11 Å². The summed E-state index contributed by atoms with van der Waals surface area (Å²) in [5, 5.41) is 3.75. The van der Waals surface area contributed by atoms with Gasteiger partial charge in [0.1, 0.15) is 0 Å². The van der Waals surface area contributed by atoms with E-state index in [2.05, 4.69) is 29.6 Å². The number of aryl methyl sites for hydroxylation is 1. The molecule has 0 spiro atoms. The fraction of sp³-hybridized carbons (Fsp3) is 0.625. The molecule has 1 aliphatic carbocycles. The molecule has 0 aliphatic heterocycles. The van der Waals surface area contributed by atoms with Crippen LogP contribution in [-0.2, 0) is 17.6 Å². The molecule has 2 unspecified atom stereocenters. The summed E-state index contributed by atoms with van der Waals surface area (Å²) < 4.78 is 5.31. The van der Waals surface area contributed by atoms with E-state index in [1.165, 1.54) is 24.0 Å². The maximum atomic E-state index is 5.60. The minimum absolute atomic E-state index is 0.434. The first-order valence-corrected chi connectivity index (χ1v) is 7.35. The number of ether oxygens (including phenoxy) is 1. The predicted molar refractivity (Wildman–Crippen MR) is 79.3 cm³/mol. The van der Waals surface area contributed by atoms with E-state index >= 15 is 0 Å². The molecule has 3 heteroatoms. The highest BCUT2D eigenvalue weighted by molar-refractivity contribution is 5.30. The lowest BCUT2D eigenvalue weighted by Gasteiger charge is -2.29. The smallest absolute Gasteiger partial charge is 0.0615 e. The molecule has 2 atom stereocenters. The van der Waals surface area contributed by atoms with Gasteiger partial charge in [0.05, 0.1) is 6.61 Å². The van der Waals surface area contributed by atoms with Crippen molar-refractivity contribution in [2.45, 2.75) is 44.2 Å². The molecule has 0 fully saturated rings. The first-order valence-electron chi connectivity index (χ1n) is 7.35. The topological polar surface area (TPSA) is 47.3 Å². The number of methoxy groups -OCH3 is 1. The quantitative estimate of drug-likeness (QED) is 0.789. The Labute approximate surface area is 116 Å². The molecule has 0 aromatic heterocycles. The molecule has 3 N–H and O–H groups in total. The molecule has 1 aliphatic rings. The van der Waals surface area contributed by atoms with Crippen LogP contribution in [-0.4, -0.2) is 32.3 Å². The molecule has 1 aromatic rings. The third-order valence-electron chi connectivity index (χ3n) is 3.94. The molecular formula is C16H26N2O. The lowest BCUT2D eigenvalue weighted by molar-refractivity contribution is 0.153. The van der Waals surface area contributed by atoms with Gasteiger partial charge in [0.15, 0.2) is 0 Å². The van der Waals surface area contributed by atoms with Crippen LogP contribution in [0.5, 0.6) is 0 Å². The summed E-state index contributed by atoms with van der Waals surface area (Å²) in [7, 11) is 1.77. The van der Waals surface area contributed by atoms with Crippen molar-refractivity contribution in [2.75, 3.05) is 20.3 Å². The van der Waals surface area contributed by atoms with Crippen LogP contribution in [0.3, 0.4) is 0 Å². The van der Waals surface area contributed by atoms with Crippen molar-refractivity contribution in [1.82, 2.24) is 5.32 Å². The summed E-state index contributed by atoms with van der Waals surface area (Å²) >= 11 is 0. The van der Waals surface area contributed by atoms with Gasteiger partial charge in [-0.2, -0.15) is 0 Å².